The van der Waals surface area contributed by atoms with Crippen LogP contribution in [0, 0.1) is 16.7 Å². The van der Waals surface area contributed by atoms with Gasteiger partial charge in [0, 0.05) is 12.1 Å². The summed E-state index contributed by atoms with van der Waals surface area (Å²) in [6, 6.07) is 12.0. The lowest BCUT2D eigenvalue weighted by Gasteiger charge is -2.66. The fourth-order valence-electron chi connectivity index (χ4n) is 8.00. The fourth-order valence-corrected chi connectivity index (χ4v) is 8.00. The number of hydrogen-bond acceptors (Lipinski definition) is 2. The molecule has 1 aromatic rings. The van der Waals surface area contributed by atoms with Gasteiger partial charge in [0.05, 0.1) is 5.41 Å². The molecule has 5 fully saturated rings. The van der Waals surface area contributed by atoms with Gasteiger partial charge in [-0.1, -0.05) is 43.7 Å². The number of carbonyl (C=O) groups excluding carboxylic acids is 1. The maximum Gasteiger partial charge on any atom is 0.226 e. The van der Waals surface area contributed by atoms with E-state index in [0.717, 1.165) is 38.6 Å². The zero-order chi connectivity index (χ0) is 19.4. The SMILES string of the molecule is CC[C@]12CC3CC(C(=O)N[C@H]4CCN[C@H](C)C4)(C1)C[C@@](c1ccccc1)(C3)C2. The first-order valence-electron chi connectivity index (χ1n) is 11.6. The lowest BCUT2D eigenvalue weighted by atomic mass is 9.38. The van der Waals surface area contributed by atoms with E-state index in [4.69, 9.17) is 0 Å². The van der Waals surface area contributed by atoms with Crippen molar-refractivity contribution in [3.63, 3.8) is 0 Å². The molecule has 0 radical (unpaired) electrons. The number of rotatable bonds is 4. The minimum absolute atomic E-state index is 0.140. The second-order valence-electron chi connectivity index (χ2n) is 10.8. The molecule has 4 aliphatic carbocycles. The molecule has 6 rings (SSSR count). The van der Waals surface area contributed by atoms with Gasteiger partial charge in [-0.25, -0.2) is 0 Å². The molecule has 5 aliphatic rings. The molecule has 1 aliphatic heterocycles. The van der Waals surface area contributed by atoms with Crippen molar-refractivity contribution < 1.29 is 4.79 Å². The van der Waals surface area contributed by atoms with Crippen molar-refractivity contribution >= 4 is 5.91 Å². The van der Waals surface area contributed by atoms with Crippen molar-refractivity contribution in [2.24, 2.45) is 16.7 Å². The Morgan fingerprint density at radius 1 is 1.14 bits per heavy atom. The normalized spacial score (nSPS) is 44.4. The topological polar surface area (TPSA) is 41.1 Å². The van der Waals surface area contributed by atoms with Crippen LogP contribution in [0.4, 0.5) is 0 Å². The van der Waals surface area contributed by atoms with E-state index in [1.807, 2.05) is 0 Å². The fraction of sp³-hybridized carbons (Fsp3) is 0.720. The zero-order valence-electron chi connectivity index (χ0n) is 17.6. The summed E-state index contributed by atoms with van der Waals surface area (Å²) in [6.45, 7) is 5.63. The van der Waals surface area contributed by atoms with Crippen molar-refractivity contribution in [1.82, 2.24) is 10.6 Å². The summed E-state index contributed by atoms with van der Waals surface area (Å²) >= 11 is 0. The smallest absolute Gasteiger partial charge is 0.226 e. The summed E-state index contributed by atoms with van der Waals surface area (Å²) in [5, 5.41) is 7.05. The highest BCUT2D eigenvalue weighted by molar-refractivity contribution is 5.84. The van der Waals surface area contributed by atoms with Gasteiger partial charge in [0.15, 0.2) is 0 Å². The van der Waals surface area contributed by atoms with Crippen molar-refractivity contribution in [2.75, 3.05) is 6.54 Å². The Bertz CT molecular complexity index is 748. The van der Waals surface area contributed by atoms with E-state index >= 15 is 0 Å². The van der Waals surface area contributed by atoms with Crippen LogP contribution in [0.2, 0.25) is 0 Å². The number of amides is 1. The van der Waals surface area contributed by atoms with Crippen LogP contribution in [-0.2, 0) is 10.2 Å². The molecule has 0 aromatic heterocycles. The van der Waals surface area contributed by atoms with E-state index in [-0.39, 0.29) is 10.8 Å². The Balaban J connectivity index is 1.46. The van der Waals surface area contributed by atoms with E-state index in [2.05, 4.69) is 54.8 Å². The van der Waals surface area contributed by atoms with Gasteiger partial charge in [0.1, 0.15) is 0 Å². The average molecular weight is 381 g/mol. The van der Waals surface area contributed by atoms with E-state index in [1.54, 1.807) is 0 Å². The molecule has 4 bridgehead atoms. The number of benzene rings is 1. The summed E-state index contributed by atoms with van der Waals surface area (Å²) in [7, 11) is 0. The molecule has 0 spiro atoms. The molecule has 1 aromatic carbocycles. The first kappa shape index (κ1) is 18.7. The lowest BCUT2D eigenvalue weighted by Crippen LogP contribution is -2.63. The Hall–Kier alpha value is -1.35. The molecule has 1 amide bonds. The highest BCUT2D eigenvalue weighted by Crippen LogP contribution is 2.71. The Morgan fingerprint density at radius 3 is 2.71 bits per heavy atom. The van der Waals surface area contributed by atoms with Crippen LogP contribution in [0.5, 0.6) is 0 Å². The van der Waals surface area contributed by atoms with Gasteiger partial charge in [-0.3, -0.25) is 4.79 Å². The second-order valence-corrected chi connectivity index (χ2v) is 10.8. The third kappa shape index (κ3) is 2.93. The molecule has 1 heterocycles. The minimum atomic E-state index is -0.140. The Kier molecular flexibility index (Phi) is 4.39. The van der Waals surface area contributed by atoms with Gasteiger partial charge >= 0.3 is 0 Å². The highest BCUT2D eigenvalue weighted by Gasteiger charge is 2.65. The summed E-state index contributed by atoms with van der Waals surface area (Å²) in [6.07, 6.45) is 10.6. The lowest BCUT2D eigenvalue weighted by molar-refractivity contribution is -0.164. The van der Waals surface area contributed by atoms with Crippen molar-refractivity contribution in [2.45, 2.75) is 89.1 Å². The summed E-state index contributed by atoms with van der Waals surface area (Å²) < 4.78 is 0. The number of nitrogens with one attached hydrogen (secondary N) is 2. The van der Waals surface area contributed by atoms with Crippen LogP contribution < -0.4 is 10.6 Å². The Morgan fingerprint density at radius 2 is 1.96 bits per heavy atom. The van der Waals surface area contributed by atoms with Gasteiger partial charge in [-0.2, -0.15) is 0 Å². The van der Waals surface area contributed by atoms with Gasteiger partial charge in [0.2, 0.25) is 5.91 Å². The molecule has 1 saturated heterocycles. The van der Waals surface area contributed by atoms with E-state index in [9.17, 15) is 4.79 Å². The van der Waals surface area contributed by atoms with Crippen molar-refractivity contribution in [1.29, 1.82) is 0 Å². The zero-order valence-corrected chi connectivity index (χ0v) is 17.6. The van der Waals surface area contributed by atoms with Crippen LogP contribution in [0.25, 0.3) is 0 Å². The molecule has 3 heteroatoms. The monoisotopic (exact) mass is 380 g/mol. The standard InChI is InChI=1S/C25H36N2O/c1-3-23-12-19-13-24(15-23,20-7-5-4-6-8-20)17-25(14-19,16-23)22(28)27-21-9-10-26-18(2)11-21/h4-8,18-19,21,26H,3,9-17H2,1-2H3,(H,27,28)/t18-,19?,21+,23-,24-,25?/m1/s1. The number of piperidine rings is 1. The molecular weight excluding hydrogens is 344 g/mol. The molecular formula is C25H36N2O. The maximum absolute atomic E-state index is 13.8. The van der Waals surface area contributed by atoms with Crippen LogP contribution in [0.1, 0.15) is 77.2 Å². The Labute approximate surface area is 170 Å². The first-order chi connectivity index (χ1) is 13.5. The van der Waals surface area contributed by atoms with Crippen LogP contribution in [-0.4, -0.2) is 24.5 Å². The quantitative estimate of drug-likeness (QED) is 0.804. The maximum atomic E-state index is 13.8. The summed E-state index contributed by atoms with van der Waals surface area (Å²) in [5.74, 6) is 1.10. The van der Waals surface area contributed by atoms with Crippen molar-refractivity contribution in [3.8, 4) is 0 Å². The molecule has 4 saturated carbocycles. The molecule has 152 valence electrons. The largest absolute Gasteiger partial charge is 0.353 e. The van der Waals surface area contributed by atoms with Gasteiger partial charge in [-0.05, 0) is 87.1 Å². The molecule has 2 N–H and O–H groups in total. The first-order valence-corrected chi connectivity index (χ1v) is 11.6. The molecule has 6 atom stereocenters. The third-order valence-corrected chi connectivity index (χ3v) is 8.76. The number of hydrogen-bond donors (Lipinski definition) is 2. The molecule has 28 heavy (non-hydrogen) atoms. The second kappa shape index (κ2) is 6.58. The number of carbonyl (C=O) groups is 1. The van der Waals surface area contributed by atoms with Crippen LogP contribution >= 0.6 is 0 Å². The average Bonchev–Trinajstić information content (AvgIpc) is 2.68. The predicted molar refractivity (Wildman–Crippen MR) is 113 cm³/mol. The highest BCUT2D eigenvalue weighted by atomic mass is 16.2. The van der Waals surface area contributed by atoms with E-state index < -0.39 is 0 Å². The third-order valence-electron chi connectivity index (χ3n) is 8.76. The predicted octanol–water partition coefficient (Wildman–Crippen LogP) is 4.56. The minimum Gasteiger partial charge on any atom is -0.353 e. The molecule has 3 nitrogen and oxygen atoms in total. The van der Waals surface area contributed by atoms with Crippen LogP contribution in [0.15, 0.2) is 30.3 Å². The van der Waals surface area contributed by atoms with E-state index in [0.29, 0.717) is 29.3 Å². The summed E-state index contributed by atoms with van der Waals surface area (Å²) in [5.41, 5.74) is 1.94. The van der Waals surface area contributed by atoms with Gasteiger partial charge in [0.25, 0.3) is 0 Å². The van der Waals surface area contributed by atoms with E-state index in [1.165, 1.54) is 31.2 Å². The van der Waals surface area contributed by atoms with Crippen molar-refractivity contribution in [3.05, 3.63) is 35.9 Å². The molecule has 2 unspecified atom stereocenters. The summed E-state index contributed by atoms with van der Waals surface area (Å²) in [4.78, 5) is 13.8. The van der Waals surface area contributed by atoms with Gasteiger partial charge in [-0.15, -0.1) is 0 Å². The van der Waals surface area contributed by atoms with Crippen LogP contribution in [0.3, 0.4) is 0 Å². The van der Waals surface area contributed by atoms with Gasteiger partial charge < -0.3 is 10.6 Å².